The monoisotopic (exact) mass is 296 g/mol. The molecule has 0 radical (unpaired) electrons. The van der Waals surface area contributed by atoms with Crippen molar-refractivity contribution in [3.63, 3.8) is 0 Å². The predicted molar refractivity (Wildman–Crippen MR) is 80.0 cm³/mol. The molecule has 0 heterocycles. The van der Waals surface area contributed by atoms with E-state index in [0.717, 1.165) is 25.7 Å². The average molecular weight is 297 g/mol. The van der Waals surface area contributed by atoms with Gasteiger partial charge in [0.1, 0.15) is 0 Å². The van der Waals surface area contributed by atoms with Gasteiger partial charge in [0.05, 0.1) is 12.7 Å². The van der Waals surface area contributed by atoms with Gasteiger partial charge in [-0.3, -0.25) is 4.79 Å². The van der Waals surface area contributed by atoms with Crippen LogP contribution in [0.2, 0.25) is 5.02 Å². The van der Waals surface area contributed by atoms with E-state index in [9.17, 15) is 4.79 Å². The molecule has 1 aliphatic carbocycles. The van der Waals surface area contributed by atoms with Crippen molar-refractivity contribution in [1.29, 1.82) is 0 Å². The minimum absolute atomic E-state index is 0.101. The number of carbonyl (C=O) groups is 1. The Labute approximate surface area is 124 Å². The third-order valence-corrected chi connectivity index (χ3v) is 3.82. The van der Waals surface area contributed by atoms with Crippen LogP contribution in [0.5, 0.6) is 0 Å². The molecular formula is C15H21ClN2O2. The smallest absolute Gasteiger partial charge is 0.251 e. The van der Waals surface area contributed by atoms with Crippen LogP contribution in [-0.4, -0.2) is 31.2 Å². The molecule has 20 heavy (non-hydrogen) atoms. The summed E-state index contributed by atoms with van der Waals surface area (Å²) in [5.74, 6) is -0.101. The van der Waals surface area contributed by atoms with E-state index in [0.29, 0.717) is 35.9 Å². The Hall–Kier alpha value is -1.10. The molecular weight excluding hydrogens is 276 g/mol. The van der Waals surface area contributed by atoms with E-state index in [2.05, 4.69) is 5.32 Å². The Balaban J connectivity index is 1.63. The lowest BCUT2D eigenvalue weighted by molar-refractivity contribution is 0.0267. The van der Waals surface area contributed by atoms with E-state index >= 15 is 0 Å². The van der Waals surface area contributed by atoms with Crippen LogP contribution >= 0.6 is 11.6 Å². The summed E-state index contributed by atoms with van der Waals surface area (Å²) < 4.78 is 5.75. The van der Waals surface area contributed by atoms with Crippen molar-refractivity contribution in [3.8, 4) is 0 Å². The fourth-order valence-electron chi connectivity index (χ4n) is 2.35. The molecule has 1 fully saturated rings. The molecule has 0 aromatic heterocycles. The number of nitrogens with one attached hydrogen (secondary N) is 1. The predicted octanol–water partition coefficient (Wildman–Crippen LogP) is 2.36. The molecule has 4 nitrogen and oxygen atoms in total. The molecule has 110 valence electrons. The van der Waals surface area contributed by atoms with Crippen LogP contribution < -0.4 is 11.1 Å². The topological polar surface area (TPSA) is 64.3 Å². The van der Waals surface area contributed by atoms with E-state index < -0.39 is 0 Å². The second-order valence-electron chi connectivity index (χ2n) is 5.17. The van der Waals surface area contributed by atoms with Crippen LogP contribution in [-0.2, 0) is 4.74 Å². The first-order chi connectivity index (χ1) is 9.65. The number of nitrogens with two attached hydrogens (primary N) is 1. The zero-order chi connectivity index (χ0) is 14.4. The first kappa shape index (κ1) is 15.3. The van der Waals surface area contributed by atoms with Crippen molar-refractivity contribution in [3.05, 3.63) is 34.9 Å². The molecule has 0 bridgehead atoms. The highest BCUT2D eigenvalue weighted by Crippen LogP contribution is 2.19. The second-order valence-corrected chi connectivity index (χ2v) is 5.61. The standard InChI is InChI=1S/C15H21ClN2O2/c16-12-3-1-11(2-4-12)15(19)18-9-10-20-14-7-5-13(17)6-8-14/h1-4,13-14H,5-10,17H2,(H,18,19). The summed E-state index contributed by atoms with van der Waals surface area (Å²) >= 11 is 5.78. The molecule has 2 rings (SSSR count). The Kier molecular flexibility index (Phi) is 5.83. The summed E-state index contributed by atoms with van der Waals surface area (Å²) in [6.45, 7) is 1.06. The highest BCUT2D eigenvalue weighted by molar-refractivity contribution is 6.30. The van der Waals surface area contributed by atoms with Crippen LogP contribution in [0.3, 0.4) is 0 Å². The Morgan fingerprint density at radius 2 is 1.90 bits per heavy atom. The van der Waals surface area contributed by atoms with Gasteiger partial charge in [-0.15, -0.1) is 0 Å². The van der Waals surface area contributed by atoms with Crippen molar-refractivity contribution in [2.24, 2.45) is 5.73 Å². The molecule has 5 heteroatoms. The van der Waals surface area contributed by atoms with Gasteiger partial charge in [0.2, 0.25) is 0 Å². The van der Waals surface area contributed by atoms with E-state index in [1.165, 1.54) is 0 Å². The number of carbonyl (C=O) groups excluding carboxylic acids is 1. The molecule has 3 N–H and O–H groups in total. The summed E-state index contributed by atoms with van der Waals surface area (Å²) in [6, 6.07) is 7.16. The van der Waals surface area contributed by atoms with Crippen molar-refractivity contribution < 1.29 is 9.53 Å². The van der Waals surface area contributed by atoms with Crippen LogP contribution in [0.15, 0.2) is 24.3 Å². The lowest BCUT2D eigenvalue weighted by Crippen LogP contribution is -2.33. The zero-order valence-electron chi connectivity index (χ0n) is 11.5. The first-order valence-corrected chi connectivity index (χ1v) is 7.44. The fraction of sp³-hybridized carbons (Fsp3) is 0.533. The van der Waals surface area contributed by atoms with Gasteiger partial charge < -0.3 is 15.8 Å². The Morgan fingerprint density at radius 3 is 2.55 bits per heavy atom. The highest BCUT2D eigenvalue weighted by atomic mass is 35.5. The maximum atomic E-state index is 11.8. The Bertz CT molecular complexity index is 428. The van der Waals surface area contributed by atoms with Crippen LogP contribution in [0.4, 0.5) is 0 Å². The van der Waals surface area contributed by atoms with E-state index in [1.54, 1.807) is 24.3 Å². The van der Waals surface area contributed by atoms with Gasteiger partial charge in [0.25, 0.3) is 5.91 Å². The largest absolute Gasteiger partial charge is 0.376 e. The molecule has 0 atom stereocenters. The number of hydrogen-bond acceptors (Lipinski definition) is 3. The summed E-state index contributed by atoms with van der Waals surface area (Å²) in [4.78, 5) is 11.8. The molecule has 0 spiro atoms. The van der Waals surface area contributed by atoms with Crippen LogP contribution in [0, 0.1) is 0 Å². The summed E-state index contributed by atoms with van der Waals surface area (Å²) in [6.07, 6.45) is 4.39. The van der Waals surface area contributed by atoms with Crippen molar-refractivity contribution in [2.45, 2.75) is 37.8 Å². The number of hydrogen-bond donors (Lipinski definition) is 2. The van der Waals surface area contributed by atoms with Gasteiger partial charge >= 0.3 is 0 Å². The lowest BCUT2D eigenvalue weighted by Gasteiger charge is -2.26. The fourth-order valence-corrected chi connectivity index (χ4v) is 2.47. The number of halogens is 1. The number of benzene rings is 1. The van der Waals surface area contributed by atoms with Crippen molar-refractivity contribution in [2.75, 3.05) is 13.2 Å². The number of ether oxygens (including phenoxy) is 1. The highest BCUT2D eigenvalue weighted by Gasteiger charge is 2.18. The van der Waals surface area contributed by atoms with E-state index in [4.69, 9.17) is 22.1 Å². The van der Waals surface area contributed by atoms with E-state index in [1.807, 2.05) is 0 Å². The first-order valence-electron chi connectivity index (χ1n) is 7.06. The summed E-state index contributed by atoms with van der Waals surface area (Å²) in [5, 5.41) is 3.46. The summed E-state index contributed by atoms with van der Waals surface area (Å²) in [5.41, 5.74) is 6.45. The quantitative estimate of drug-likeness (QED) is 0.820. The molecule has 1 amide bonds. The molecule has 0 unspecified atom stereocenters. The van der Waals surface area contributed by atoms with E-state index in [-0.39, 0.29) is 5.91 Å². The molecule has 0 saturated heterocycles. The number of amides is 1. The van der Waals surface area contributed by atoms with Gasteiger partial charge in [-0.1, -0.05) is 11.6 Å². The second kappa shape index (κ2) is 7.62. The minimum atomic E-state index is -0.101. The molecule has 1 saturated carbocycles. The molecule has 1 aromatic rings. The molecule has 1 aromatic carbocycles. The van der Waals surface area contributed by atoms with Crippen molar-refractivity contribution in [1.82, 2.24) is 5.32 Å². The van der Waals surface area contributed by atoms with Gasteiger partial charge in [-0.25, -0.2) is 0 Å². The normalized spacial score (nSPS) is 22.5. The maximum Gasteiger partial charge on any atom is 0.251 e. The van der Waals surface area contributed by atoms with Crippen LogP contribution in [0.1, 0.15) is 36.0 Å². The van der Waals surface area contributed by atoms with Gasteiger partial charge in [-0.05, 0) is 49.9 Å². The van der Waals surface area contributed by atoms with Gasteiger partial charge in [-0.2, -0.15) is 0 Å². The molecule has 0 aliphatic heterocycles. The Morgan fingerprint density at radius 1 is 1.25 bits per heavy atom. The van der Waals surface area contributed by atoms with Crippen molar-refractivity contribution >= 4 is 17.5 Å². The maximum absolute atomic E-state index is 11.8. The lowest BCUT2D eigenvalue weighted by atomic mass is 9.94. The zero-order valence-corrected chi connectivity index (χ0v) is 12.2. The van der Waals surface area contributed by atoms with Crippen LogP contribution in [0.25, 0.3) is 0 Å². The molecule has 1 aliphatic rings. The van der Waals surface area contributed by atoms with Gasteiger partial charge in [0, 0.05) is 23.2 Å². The SMILES string of the molecule is NC1CCC(OCCNC(=O)c2ccc(Cl)cc2)CC1. The average Bonchev–Trinajstić information content (AvgIpc) is 2.46. The third kappa shape index (κ3) is 4.78. The minimum Gasteiger partial charge on any atom is -0.376 e. The summed E-state index contributed by atoms with van der Waals surface area (Å²) in [7, 11) is 0. The number of rotatable bonds is 5. The van der Waals surface area contributed by atoms with Gasteiger partial charge in [0.15, 0.2) is 0 Å². The third-order valence-electron chi connectivity index (χ3n) is 3.57.